The number of hydrogen-bond donors (Lipinski definition) is 0. The number of amides is 1. The maximum Gasteiger partial charge on any atom is 0.267 e. The minimum absolute atomic E-state index is 0.0360. The maximum absolute atomic E-state index is 12.9. The number of hydrogen-bond acceptors (Lipinski definition) is 3. The largest absolute Gasteiger partial charge is 0.482 e. The van der Waals surface area contributed by atoms with Crippen molar-refractivity contribution in [2.24, 2.45) is 0 Å². The molecule has 1 saturated carbocycles. The normalized spacial score (nSPS) is 25.4. The molecular formula is C18H25NO3. The van der Waals surface area contributed by atoms with Gasteiger partial charge in [0.05, 0.1) is 0 Å². The van der Waals surface area contributed by atoms with E-state index in [4.69, 9.17) is 9.47 Å². The van der Waals surface area contributed by atoms with Crippen LogP contribution in [0.15, 0.2) is 24.3 Å². The molecule has 0 aromatic heterocycles. The highest BCUT2D eigenvalue weighted by atomic mass is 16.6. The summed E-state index contributed by atoms with van der Waals surface area (Å²) in [6.07, 6.45) is 6.36. The fraction of sp³-hybridized carbons (Fsp3) is 0.611. The average Bonchev–Trinajstić information content (AvgIpc) is 2.82. The predicted molar refractivity (Wildman–Crippen MR) is 85.2 cm³/mol. The molecular weight excluding hydrogens is 278 g/mol. The summed E-state index contributed by atoms with van der Waals surface area (Å²) in [5, 5.41) is 0. The molecule has 1 fully saturated rings. The number of likely N-dealkylation sites (N-methyl/N-ethyl adjacent to an activating group) is 1. The van der Waals surface area contributed by atoms with Crippen molar-refractivity contribution in [1.82, 2.24) is 4.90 Å². The molecule has 1 amide bonds. The van der Waals surface area contributed by atoms with Crippen molar-refractivity contribution < 1.29 is 14.3 Å². The summed E-state index contributed by atoms with van der Waals surface area (Å²) in [6.45, 7) is 1.90. The number of nitrogens with zero attached hydrogens (tertiary/aromatic N) is 1. The zero-order chi connectivity index (χ0) is 15.5. The summed E-state index contributed by atoms with van der Waals surface area (Å²) in [6, 6.07) is 7.88. The first kappa shape index (κ1) is 15.2. The van der Waals surface area contributed by atoms with E-state index < -0.39 is 6.10 Å². The second-order valence-corrected chi connectivity index (χ2v) is 6.40. The second kappa shape index (κ2) is 6.59. The Morgan fingerprint density at radius 2 is 1.64 bits per heavy atom. The molecule has 0 bridgehead atoms. The van der Waals surface area contributed by atoms with E-state index in [9.17, 15) is 4.79 Å². The Bertz CT molecular complexity index is 523. The molecule has 2 unspecified atom stereocenters. The summed E-state index contributed by atoms with van der Waals surface area (Å²) in [4.78, 5) is 14.7. The van der Waals surface area contributed by atoms with Gasteiger partial charge in [-0.15, -0.1) is 0 Å². The summed E-state index contributed by atoms with van der Waals surface area (Å²) < 4.78 is 11.8. The number of para-hydroxylation sites is 2. The Balaban J connectivity index is 1.71. The smallest absolute Gasteiger partial charge is 0.267 e. The molecule has 22 heavy (non-hydrogen) atoms. The number of rotatable bonds is 2. The molecule has 0 N–H and O–H groups in total. The van der Waals surface area contributed by atoms with Crippen LogP contribution >= 0.6 is 0 Å². The van der Waals surface area contributed by atoms with Gasteiger partial charge in [-0.2, -0.15) is 0 Å². The lowest BCUT2D eigenvalue weighted by molar-refractivity contribution is -0.145. The first-order valence-electron chi connectivity index (χ1n) is 8.36. The van der Waals surface area contributed by atoms with Crippen LogP contribution in [0.4, 0.5) is 0 Å². The van der Waals surface area contributed by atoms with Crippen LogP contribution in [0.25, 0.3) is 0 Å². The van der Waals surface area contributed by atoms with E-state index in [1.54, 1.807) is 0 Å². The predicted octanol–water partition coefficient (Wildman–Crippen LogP) is 3.40. The first-order valence-corrected chi connectivity index (χ1v) is 8.36. The van der Waals surface area contributed by atoms with Crippen LogP contribution < -0.4 is 9.47 Å². The molecule has 1 aliphatic heterocycles. The van der Waals surface area contributed by atoms with E-state index in [-0.39, 0.29) is 12.0 Å². The van der Waals surface area contributed by atoms with Crippen molar-refractivity contribution in [1.29, 1.82) is 0 Å². The van der Waals surface area contributed by atoms with Gasteiger partial charge in [-0.05, 0) is 31.9 Å². The lowest BCUT2D eigenvalue weighted by atomic mass is 10.1. The zero-order valence-corrected chi connectivity index (χ0v) is 13.5. The lowest BCUT2D eigenvalue weighted by Gasteiger charge is -2.36. The van der Waals surface area contributed by atoms with E-state index >= 15 is 0 Å². The van der Waals surface area contributed by atoms with Gasteiger partial charge in [0.15, 0.2) is 11.5 Å². The molecule has 120 valence electrons. The van der Waals surface area contributed by atoms with E-state index in [1.807, 2.05) is 43.1 Å². The molecule has 4 heteroatoms. The third kappa shape index (κ3) is 3.06. The Morgan fingerprint density at radius 3 is 2.27 bits per heavy atom. The molecule has 0 radical (unpaired) electrons. The topological polar surface area (TPSA) is 38.8 Å². The van der Waals surface area contributed by atoms with Crippen LogP contribution in [0.3, 0.4) is 0 Å². The Hall–Kier alpha value is -1.71. The molecule has 1 aliphatic carbocycles. The fourth-order valence-corrected chi connectivity index (χ4v) is 3.42. The van der Waals surface area contributed by atoms with Gasteiger partial charge in [0.1, 0.15) is 6.10 Å². The van der Waals surface area contributed by atoms with Crippen LogP contribution in [0.5, 0.6) is 11.5 Å². The van der Waals surface area contributed by atoms with Gasteiger partial charge < -0.3 is 14.4 Å². The summed E-state index contributed by atoms with van der Waals surface area (Å²) in [7, 11) is 1.91. The van der Waals surface area contributed by atoms with Crippen LogP contribution in [0.2, 0.25) is 0 Å². The number of carbonyl (C=O) groups excluding carboxylic acids is 1. The molecule has 3 rings (SSSR count). The van der Waals surface area contributed by atoms with Crippen LogP contribution in [-0.4, -0.2) is 36.1 Å². The summed E-state index contributed by atoms with van der Waals surface area (Å²) in [5.41, 5.74) is 0. The van der Waals surface area contributed by atoms with Crippen molar-refractivity contribution in [2.75, 3.05) is 7.05 Å². The van der Waals surface area contributed by atoms with Gasteiger partial charge in [0.2, 0.25) is 6.10 Å². The number of ether oxygens (including phenoxy) is 2. The highest BCUT2D eigenvalue weighted by Crippen LogP contribution is 2.34. The van der Waals surface area contributed by atoms with Gasteiger partial charge in [-0.1, -0.05) is 37.8 Å². The quantitative estimate of drug-likeness (QED) is 0.786. The zero-order valence-electron chi connectivity index (χ0n) is 13.5. The molecule has 4 nitrogen and oxygen atoms in total. The third-order valence-corrected chi connectivity index (χ3v) is 4.81. The van der Waals surface area contributed by atoms with E-state index in [0.717, 1.165) is 18.6 Å². The first-order chi connectivity index (χ1) is 10.7. The molecule has 0 saturated heterocycles. The second-order valence-electron chi connectivity index (χ2n) is 6.40. The van der Waals surface area contributed by atoms with Crippen LogP contribution in [0, 0.1) is 0 Å². The van der Waals surface area contributed by atoms with Crippen molar-refractivity contribution >= 4 is 5.91 Å². The van der Waals surface area contributed by atoms with Gasteiger partial charge >= 0.3 is 0 Å². The van der Waals surface area contributed by atoms with Gasteiger partial charge in [-0.25, -0.2) is 0 Å². The minimum atomic E-state index is -0.553. The monoisotopic (exact) mass is 303 g/mol. The SMILES string of the molecule is CC1Oc2ccccc2OC1C(=O)N(C)C1CCCCCC1. The van der Waals surface area contributed by atoms with Crippen molar-refractivity contribution in [3.8, 4) is 11.5 Å². The molecule has 2 atom stereocenters. The van der Waals surface area contributed by atoms with Crippen LogP contribution in [0.1, 0.15) is 45.4 Å². The number of benzene rings is 1. The number of fused-ring (bicyclic) bond motifs is 1. The average molecular weight is 303 g/mol. The molecule has 1 aromatic carbocycles. The Labute approximate surface area is 132 Å². The van der Waals surface area contributed by atoms with Crippen molar-refractivity contribution in [3.05, 3.63) is 24.3 Å². The third-order valence-electron chi connectivity index (χ3n) is 4.81. The Kier molecular flexibility index (Phi) is 4.55. The molecule has 1 heterocycles. The van der Waals surface area contributed by atoms with Gasteiger partial charge in [0, 0.05) is 13.1 Å². The summed E-state index contributed by atoms with van der Waals surface area (Å²) in [5.74, 6) is 1.42. The lowest BCUT2D eigenvalue weighted by Crippen LogP contribution is -2.52. The standard InChI is InChI=1S/C18H25NO3/c1-13-17(22-16-12-8-7-11-15(16)21-13)18(20)19(2)14-9-5-3-4-6-10-14/h7-8,11-14,17H,3-6,9-10H2,1-2H3. The minimum Gasteiger partial charge on any atom is -0.482 e. The van der Waals surface area contributed by atoms with Gasteiger partial charge in [-0.3, -0.25) is 4.79 Å². The van der Waals surface area contributed by atoms with E-state index in [0.29, 0.717) is 11.8 Å². The molecule has 2 aliphatic rings. The highest BCUT2D eigenvalue weighted by Gasteiger charge is 2.37. The Morgan fingerprint density at radius 1 is 1.05 bits per heavy atom. The number of carbonyl (C=O) groups is 1. The van der Waals surface area contributed by atoms with Crippen molar-refractivity contribution in [2.45, 2.75) is 63.7 Å². The molecule has 1 aromatic rings. The maximum atomic E-state index is 12.9. The van der Waals surface area contributed by atoms with Gasteiger partial charge in [0.25, 0.3) is 5.91 Å². The van der Waals surface area contributed by atoms with Crippen LogP contribution in [-0.2, 0) is 4.79 Å². The van der Waals surface area contributed by atoms with E-state index in [2.05, 4.69) is 0 Å². The highest BCUT2D eigenvalue weighted by molar-refractivity contribution is 5.82. The summed E-state index contributed by atoms with van der Waals surface area (Å²) >= 11 is 0. The van der Waals surface area contributed by atoms with Crippen molar-refractivity contribution in [3.63, 3.8) is 0 Å². The fourth-order valence-electron chi connectivity index (χ4n) is 3.42. The van der Waals surface area contributed by atoms with E-state index in [1.165, 1.54) is 25.7 Å². The molecule has 0 spiro atoms.